The van der Waals surface area contributed by atoms with Crippen LogP contribution in [0.15, 0.2) is 53.4 Å². The van der Waals surface area contributed by atoms with Gasteiger partial charge in [0.05, 0.1) is 17.0 Å². The van der Waals surface area contributed by atoms with E-state index >= 15 is 0 Å². The summed E-state index contributed by atoms with van der Waals surface area (Å²) in [6.07, 6.45) is 1.49. The van der Waals surface area contributed by atoms with Crippen LogP contribution in [0.2, 0.25) is 5.02 Å². The van der Waals surface area contributed by atoms with Gasteiger partial charge in [0, 0.05) is 46.8 Å². The number of hydrogen-bond acceptors (Lipinski definition) is 5. The van der Waals surface area contributed by atoms with Gasteiger partial charge >= 0.3 is 5.97 Å². The molecule has 0 saturated carbocycles. The number of nitrogens with zero attached hydrogens (tertiary/aromatic N) is 1. The van der Waals surface area contributed by atoms with Gasteiger partial charge < -0.3 is 22.3 Å². The molecule has 0 unspecified atom stereocenters. The summed E-state index contributed by atoms with van der Waals surface area (Å²) in [6.45, 7) is 4.52. The molecule has 0 aliphatic carbocycles. The average molecular weight is 579 g/mol. The summed E-state index contributed by atoms with van der Waals surface area (Å²) in [5.41, 5.74) is -0.317. The van der Waals surface area contributed by atoms with E-state index in [4.69, 9.17) is 16.3 Å². The third kappa shape index (κ3) is 8.14. The molecule has 10 heteroatoms. The zero-order chi connectivity index (χ0) is 20.9. The van der Waals surface area contributed by atoms with Gasteiger partial charge in [0.1, 0.15) is 12.1 Å². The van der Waals surface area contributed by atoms with Crippen LogP contribution < -0.4 is 9.62 Å². The Hall–Kier alpha value is -1.20. The number of ether oxygens (including phenoxy) is 1. The van der Waals surface area contributed by atoms with E-state index in [1.807, 2.05) is 0 Å². The molecule has 162 valence electrons. The Morgan fingerprint density at radius 3 is 2.37 bits per heavy atom. The quantitative estimate of drug-likeness (QED) is 0.306. The van der Waals surface area contributed by atoms with E-state index in [0.717, 1.165) is 4.31 Å². The Kier molecular flexibility index (Phi) is 11.5. The number of sulfonamides is 1. The molecule has 0 radical (unpaired) electrons. The van der Waals surface area contributed by atoms with Crippen LogP contribution in [0, 0.1) is 49.2 Å². The minimum absolute atomic E-state index is 0. The van der Waals surface area contributed by atoms with Crippen molar-refractivity contribution in [3.8, 4) is 0 Å². The van der Waals surface area contributed by atoms with Gasteiger partial charge in [-0.05, 0) is 45.0 Å². The second-order valence-corrected chi connectivity index (χ2v) is 9.13. The molecule has 0 heterocycles. The third-order valence-electron chi connectivity index (χ3n) is 3.41. The van der Waals surface area contributed by atoms with E-state index in [9.17, 15) is 18.0 Å². The van der Waals surface area contributed by atoms with E-state index in [1.165, 1.54) is 42.8 Å². The summed E-state index contributed by atoms with van der Waals surface area (Å²) in [6, 6.07) is 11.7. The number of benzene rings is 2. The maximum Gasteiger partial charge on any atom is 0.327 e. The topological polar surface area (TPSA) is 92.8 Å². The fourth-order valence-electron chi connectivity index (χ4n) is 2.36. The number of halogens is 1. The molecule has 0 aromatic heterocycles. The minimum atomic E-state index is -4.16. The number of hydrogen-bond donors (Lipinski definition) is 1. The van der Waals surface area contributed by atoms with Crippen LogP contribution in [0.1, 0.15) is 20.8 Å². The SMILES string of the molecule is CC(C)(C)OC(=O)CN(c1cccc(Cl)c1)S(=O)(=O)c1cccc(N[C-]=O)c1.[CH3-].[Ce]. The fraction of sp³-hybridized carbons (Fsp3) is 0.250. The molecular weight excluding hydrogens is 556 g/mol. The summed E-state index contributed by atoms with van der Waals surface area (Å²) in [5.74, 6) is -0.716. The molecule has 0 aliphatic rings. The molecule has 30 heavy (non-hydrogen) atoms. The van der Waals surface area contributed by atoms with Crippen molar-refractivity contribution in [3.63, 3.8) is 0 Å². The van der Waals surface area contributed by atoms with Crippen LogP contribution in [-0.4, -0.2) is 32.9 Å². The number of nitrogens with one attached hydrogen (secondary N) is 1. The van der Waals surface area contributed by atoms with E-state index in [-0.39, 0.29) is 65.4 Å². The van der Waals surface area contributed by atoms with Crippen LogP contribution >= 0.6 is 11.6 Å². The van der Waals surface area contributed by atoms with Crippen molar-refractivity contribution in [1.82, 2.24) is 0 Å². The van der Waals surface area contributed by atoms with Gasteiger partial charge in [0.15, 0.2) is 0 Å². The van der Waals surface area contributed by atoms with Gasteiger partial charge in [0.25, 0.3) is 10.0 Å². The summed E-state index contributed by atoms with van der Waals surface area (Å²) in [7, 11) is -4.16. The predicted molar refractivity (Wildman–Crippen MR) is 114 cm³/mol. The van der Waals surface area contributed by atoms with E-state index in [0.29, 0.717) is 5.02 Å². The van der Waals surface area contributed by atoms with Crippen LogP contribution in [-0.2, 0) is 24.3 Å². The zero-order valence-electron chi connectivity index (χ0n) is 17.1. The maximum absolute atomic E-state index is 13.3. The molecule has 0 aliphatic heterocycles. The van der Waals surface area contributed by atoms with E-state index in [2.05, 4.69) is 5.32 Å². The van der Waals surface area contributed by atoms with Gasteiger partial charge in [-0.25, -0.2) is 8.42 Å². The molecule has 0 atom stereocenters. The van der Waals surface area contributed by atoms with E-state index < -0.39 is 28.1 Å². The molecule has 2 aromatic carbocycles. The number of amides is 1. The number of carbonyl (C=O) groups is 1. The van der Waals surface area contributed by atoms with Crippen LogP contribution in [0.3, 0.4) is 0 Å². The number of anilines is 2. The predicted octanol–water partition coefficient (Wildman–Crippen LogP) is 3.81. The molecule has 1 amide bonds. The molecule has 0 saturated heterocycles. The van der Waals surface area contributed by atoms with E-state index in [1.54, 1.807) is 32.9 Å². The van der Waals surface area contributed by atoms with Gasteiger partial charge in [-0.2, -0.15) is 0 Å². The van der Waals surface area contributed by atoms with Gasteiger partial charge in [-0.1, -0.05) is 23.7 Å². The van der Waals surface area contributed by atoms with Gasteiger partial charge in [-0.3, -0.25) is 9.10 Å². The first kappa shape index (κ1) is 28.8. The number of carbonyl (C=O) groups excluding carboxylic acids is 2. The molecule has 0 bridgehead atoms. The Bertz CT molecular complexity index is 977. The second kappa shape index (κ2) is 12.0. The summed E-state index contributed by atoms with van der Waals surface area (Å²) < 4.78 is 32.7. The zero-order valence-corrected chi connectivity index (χ0v) is 21.8. The van der Waals surface area contributed by atoms with Crippen LogP contribution in [0.4, 0.5) is 11.4 Å². The molecule has 2 rings (SSSR count). The smallest absolute Gasteiger partial charge is 0.327 e. The van der Waals surface area contributed by atoms with Crippen LogP contribution in [0.5, 0.6) is 0 Å². The van der Waals surface area contributed by atoms with Crippen molar-refractivity contribution in [3.05, 3.63) is 61.0 Å². The standard InChI is InChI=1S/C19H20ClN2O5S.CH3.Ce/c1-19(2,3)27-18(24)12-22(16-8-4-6-14(20)10-16)28(25,26)17-9-5-7-15(11-17)21-13-23;;/h4-11H,12H2,1-3H3,(H,21,23);1H3;/q2*-1;. The Morgan fingerprint density at radius 1 is 1.17 bits per heavy atom. The molecular formula is C20H23CeClN2O5S-2. The summed E-state index contributed by atoms with van der Waals surface area (Å²) >= 11 is 6.00. The maximum atomic E-state index is 13.3. The summed E-state index contributed by atoms with van der Waals surface area (Å²) in [5, 5.41) is 2.59. The van der Waals surface area contributed by atoms with Crippen molar-refractivity contribution < 1.29 is 64.5 Å². The Morgan fingerprint density at radius 2 is 1.80 bits per heavy atom. The average Bonchev–Trinajstić information content (AvgIpc) is 2.58. The number of esters is 1. The fourth-order valence-corrected chi connectivity index (χ4v) is 3.99. The molecule has 1 N–H and O–H groups in total. The molecule has 7 nitrogen and oxygen atoms in total. The third-order valence-corrected chi connectivity index (χ3v) is 5.41. The monoisotopic (exact) mass is 578 g/mol. The Balaban J connectivity index is 0.00000420. The minimum Gasteiger partial charge on any atom is -0.490 e. The van der Waals surface area contributed by atoms with Crippen molar-refractivity contribution in [2.45, 2.75) is 31.3 Å². The van der Waals surface area contributed by atoms with Crippen LogP contribution in [0.25, 0.3) is 0 Å². The second-order valence-electron chi connectivity index (χ2n) is 6.83. The first-order chi connectivity index (χ1) is 13.0. The van der Waals surface area contributed by atoms with Gasteiger partial charge in [-0.15, -0.1) is 17.8 Å². The molecule has 2 aromatic rings. The van der Waals surface area contributed by atoms with Gasteiger partial charge in [0.2, 0.25) is 0 Å². The van der Waals surface area contributed by atoms with Crippen molar-refractivity contribution >= 4 is 45.4 Å². The molecule has 0 fully saturated rings. The van der Waals surface area contributed by atoms with Crippen molar-refractivity contribution in [1.29, 1.82) is 0 Å². The van der Waals surface area contributed by atoms with Crippen molar-refractivity contribution in [2.75, 3.05) is 16.2 Å². The normalized spacial score (nSPS) is 10.8. The largest absolute Gasteiger partial charge is 0.490 e. The Labute approximate surface area is 216 Å². The number of rotatable bonds is 7. The first-order valence-corrected chi connectivity index (χ1v) is 10.1. The van der Waals surface area contributed by atoms with Crippen molar-refractivity contribution in [2.24, 2.45) is 0 Å². The molecule has 0 spiro atoms. The first-order valence-electron chi connectivity index (χ1n) is 8.26. The summed E-state index contributed by atoms with van der Waals surface area (Å²) in [4.78, 5) is 22.8.